The molecule has 89 heavy (non-hydrogen) atoms. The summed E-state index contributed by atoms with van der Waals surface area (Å²) in [4.78, 5) is 60.2. The number of nitrogens with one attached hydrogen (secondary N) is 1. The summed E-state index contributed by atoms with van der Waals surface area (Å²) in [7, 11) is -5.07. The summed E-state index contributed by atoms with van der Waals surface area (Å²) >= 11 is 0. The fourth-order valence-electron chi connectivity index (χ4n) is 13.3. The zero-order valence-electron chi connectivity index (χ0n) is 55.9. The molecule has 17 heteroatoms. The Morgan fingerprint density at radius 1 is 0.764 bits per heavy atom. The van der Waals surface area contributed by atoms with Crippen LogP contribution in [0.15, 0.2) is 145 Å². The second kappa shape index (κ2) is 33.8. The Hall–Kier alpha value is -3.86. The Balaban J connectivity index is 0.0000144. The van der Waals surface area contributed by atoms with Crippen molar-refractivity contribution in [3.63, 3.8) is 0 Å². The van der Waals surface area contributed by atoms with Crippen LogP contribution in [-0.4, -0.2) is 117 Å². The monoisotopic (exact) mass is 1470 g/mol. The van der Waals surface area contributed by atoms with Crippen LogP contribution >= 0.6 is 0 Å². The van der Waals surface area contributed by atoms with Crippen LogP contribution in [0.25, 0.3) is 0 Å². The third-order valence-electron chi connectivity index (χ3n) is 18.4. The van der Waals surface area contributed by atoms with Gasteiger partial charge in [-0.3, -0.25) is 9.59 Å². The van der Waals surface area contributed by atoms with Crippen LogP contribution in [-0.2, 0) is 42.1 Å². The van der Waals surface area contributed by atoms with E-state index in [1.54, 1.807) is 71.9 Å². The van der Waals surface area contributed by atoms with Gasteiger partial charge in [0, 0.05) is 74.7 Å². The summed E-state index contributed by atoms with van der Waals surface area (Å²) in [5.74, 6) is -3.29. The topological polar surface area (TPSA) is 185 Å². The number of esters is 2. The number of fused-ring (bicyclic) bond motifs is 5. The average Bonchev–Trinajstić information content (AvgIpc) is 0.673. The zero-order chi connectivity index (χ0) is 64.6. The minimum Gasteiger partial charge on any atom is -0.455 e. The number of carbonyl (C=O) groups is 4. The number of ether oxygens (including phenoxy) is 5. The van der Waals surface area contributed by atoms with E-state index < -0.39 is 117 Å². The van der Waals surface area contributed by atoms with Gasteiger partial charge in [-0.15, -0.1) is 0 Å². The standard InChI is InChI=1S/C72H105NO13Si2.Ac/c1-15-19-20-21-22-23-24-25-26-27-28-29-30-31-32-33-34-35-42-47-59(74)82-62-60-52(5)55(80-50-56(85-87(12,13)14)61(53-43-38-36-39-44-53)73-67(77)84-68(6,7)8)49-72(79,69(60,9)10)65(83-66(76)54-45-40-37-41-46-54)63-70(11,64(62)75)57(48-58-71(63,78)51-81-58)86-88(16-2,17-3)18-4;/h19-20,22-23,25-26,28-29,31-32,34-41,43-46,55-58,61-63,65,78-79H,15-18,21,24,27,30,33,42,47-51H2,1-14H3,(H,73,77);/b20-19-,23-22-,26-25-,29-28-,32-31-,35-34-;. The molecule has 11 unspecified atom stereocenters. The van der Waals surface area contributed by atoms with Crippen LogP contribution in [0.5, 0.6) is 0 Å². The number of hydrogen-bond acceptors (Lipinski definition) is 13. The molecule has 1 amide bonds. The first-order valence-corrected chi connectivity index (χ1v) is 38.3. The third kappa shape index (κ3) is 19.2. The van der Waals surface area contributed by atoms with Gasteiger partial charge < -0.3 is 48.1 Å². The van der Waals surface area contributed by atoms with Crippen LogP contribution in [0.3, 0.4) is 0 Å². The first kappa shape index (κ1) is 75.9. The first-order valence-electron chi connectivity index (χ1n) is 32.3. The number of carbonyl (C=O) groups excluding carboxylic acids is 4. The molecule has 3 aliphatic carbocycles. The van der Waals surface area contributed by atoms with Crippen molar-refractivity contribution in [3.8, 4) is 0 Å². The van der Waals surface area contributed by atoms with Gasteiger partial charge in [0.15, 0.2) is 28.5 Å². The molecule has 2 aromatic rings. The number of rotatable bonds is 30. The van der Waals surface area contributed by atoms with Crippen molar-refractivity contribution >= 4 is 40.4 Å². The van der Waals surface area contributed by atoms with E-state index in [9.17, 15) is 24.6 Å². The number of benzene rings is 2. The molecule has 2 bridgehead atoms. The van der Waals surface area contributed by atoms with Gasteiger partial charge in [-0.2, -0.15) is 0 Å². The number of allylic oxidation sites excluding steroid dienone is 12. The molecule has 1 radical (unpaired) electrons. The number of Topliss-reactive ketones (excluding diaryl/α,β-unsaturated/α-hetero) is 1. The fraction of sp³-hybridized carbons (Fsp3) is 0.583. The second-order valence-corrected chi connectivity index (χ2v) is 36.2. The Morgan fingerprint density at radius 2 is 1.29 bits per heavy atom. The largest absolute Gasteiger partial charge is 0.455 e. The molecule has 487 valence electrons. The summed E-state index contributed by atoms with van der Waals surface area (Å²) < 4.78 is 47.1. The van der Waals surface area contributed by atoms with E-state index in [0.29, 0.717) is 24.0 Å². The van der Waals surface area contributed by atoms with Gasteiger partial charge in [0.25, 0.3) is 0 Å². The number of amides is 1. The summed E-state index contributed by atoms with van der Waals surface area (Å²) in [5.41, 5.74) is -6.28. The van der Waals surface area contributed by atoms with Crippen molar-refractivity contribution in [3.05, 3.63) is 156 Å². The van der Waals surface area contributed by atoms with Gasteiger partial charge >= 0.3 is 18.0 Å². The van der Waals surface area contributed by atoms with E-state index in [0.717, 1.165) is 55.8 Å². The SMILES string of the molecule is CC/C=C\C/C=C\C/C=C\C/C=C\C/C=C\C/C=C\CCC(=O)OC1C(=O)C2(C)C(O[Si](CC)(CC)CC)CC3OCC3(O)C2C(OC(=O)c2ccccc2)C2(O)CC(OCC(O[Si](C)(C)C)C(NC(=O)OC(C)(C)C)c3ccccc3)C(C)=C1C2(C)C.[Ac]. The molecule has 1 aliphatic heterocycles. The van der Waals surface area contributed by atoms with E-state index >= 15 is 4.79 Å². The van der Waals surface area contributed by atoms with E-state index in [1.807, 2.05) is 69.0 Å². The summed E-state index contributed by atoms with van der Waals surface area (Å²) in [5, 5.41) is 30.9. The van der Waals surface area contributed by atoms with Crippen LogP contribution < -0.4 is 5.32 Å². The van der Waals surface area contributed by atoms with Gasteiger partial charge in [-0.25, -0.2) is 9.59 Å². The van der Waals surface area contributed by atoms with Crippen molar-refractivity contribution in [1.82, 2.24) is 5.32 Å². The third-order valence-corrected chi connectivity index (χ3v) is 24.1. The minimum atomic E-state index is -2.61. The Labute approximate surface area is 570 Å². The predicted molar refractivity (Wildman–Crippen MR) is 354 cm³/mol. The number of hydrogen-bond donors (Lipinski definition) is 3. The van der Waals surface area contributed by atoms with Crippen molar-refractivity contribution in [1.29, 1.82) is 0 Å². The number of alkyl carbamates (subject to hydrolysis) is 1. The Morgan fingerprint density at radius 3 is 1.79 bits per heavy atom. The van der Waals surface area contributed by atoms with Crippen LogP contribution in [0.1, 0.15) is 162 Å². The molecule has 2 aromatic carbocycles. The average molecular weight is 1480 g/mol. The molecule has 3 fully saturated rings. The van der Waals surface area contributed by atoms with E-state index in [-0.39, 0.29) is 82.1 Å². The molecule has 2 saturated carbocycles. The van der Waals surface area contributed by atoms with Crippen molar-refractivity contribution < 1.29 is 106 Å². The van der Waals surface area contributed by atoms with Gasteiger partial charge in [0.2, 0.25) is 0 Å². The summed E-state index contributed by atoms with van der Waals surface area (Å²) in [6.45, 7) is 26.7. The van der Waals surface area contributed by atoms with Crippen LogP contribution in [0.4, 0.5) is 4.79 Å². The first-order chi connectivity index (χ1) is 41.6. The van der Waals surface area contributed by atoms with Crippen molar-refractivity contribution in [2.75, 3.05) is 13.2 Å². The maximum atomic E-state index is 16.8. The summed E-state index contributed by atoms with van der Waals surface area (Å²) in [6, 6.07) is 19.3. The van der Waals surface area contributed by atoms with Crippen molar-refractivity contribution in [2.45, 2.75) is 238 Å². The quantitative estimate of drug-likeness (QED) is 0.0291. The molecule has 1 saturated heterocycles. The van der Waals surface area contributed by atoms with Crippen LogP contribution in [0.2, 0.25) is 37.8 Å². The van der Waals surface area contributed by atoms with Gasteiger partial charge in [0.1, 0.15) is 22.9 Å². The molecular weight excluding hydrogens is 1370 g/mol. The fourth-order valence-corrected chi connectivity index (χ4v) is 17.4. The maximum absolute atomic E-state index is 16.8. The summed E-state index contributed by atoms with van der Waals surface area (Å²) in [6.07, 6.45) is 23.5. The van der Waals surface area contributed by atoms with E-state index in [4.69, 9.17) is 32.5 Å². The molecule has 4 aliphatic rings. The number of ketones is 1. The molecular formula is C72H105AcNO13Si2. The van der Waals surface area contributed by atoms with Gasteiger partial charge in [-0.05, 0) is 146 Å². The van der Waals surface area contributed by atoms with E-state index in [2.05, 4.69) is 93.8 Å². The van der Waals surface area contributed by atoms with Crippen LogP contribution in [0, 0.1) is 60.8 Å². The Kier molecular flexibility index (Phi) is 28.8. The maximum Gasteiger partial charge on any atom is 0.408 e. The molecule has 0 spiro atoms. The number of aliphatic hydroxyl groups is 2. The molecule has 6 rings (SSSR count). The smallest absolute Gasteiger partial charge is 0.408 e. The van der Waals surface area contributed by atoms with Crippen molar-refractivity contribution in [2.24, 2.45) is 16.7 Å². The normalized spacial score (nSPS) is 27.0. The molecule has 14 nitrogen and oxygen atoms in total. The molecule has 11 atom stereocenters. The molecule has 3 N–H and O–H groups in total. The molecule has 1 heterocycles. The minimum absolute atomic E-state index is 0. The second-order valence-electron chi connectivity index (χ2n) is 27.0. The zero-order valence-corrected chi connectivity index (χ0v) is 62.6. The molecule has 0 aromatic heterocycles. The van der Waals surface area contributed by atoms with E-state index in [1.165, 1.54) is 0 Å². The van der Waals surface area contributed by atoms with Gasteiger partial charge in [-0.1, -0.05) is 163 Å². The Bertz CT molecular complexity index is 2840. The predicted octanol–water partition coefficient (Wildman–Crippen LogP) is 15.1. The van der Waals surface area contributed by atoms with Gasteiger partial charge in [0.05, 0.1) is 54.6 Å².